The van der Waals surface area contributed by atoms with E-state index < -0.39 is 79.8 Å². The summed E-state index contributed by atoms with van der Waals surface area (Å²) in [5, 5.41) is 57.8. The molecule has 2 aliphatic heterocycles. The third kappa shape index (κ3) is 6.69. The normalized spacial score (nSPS) is 39.2. The summed E-state index contributed by atoms with van der Waals surface area (Å²) < 4.78 is 35.9. The molecule has 0 bridgehead atoms. The molecule has 0 aromatic carbocycles. The molecule has 0 spiro atoms. The molecule has 10 atom stereocenters. The number of carbonyl (C=O) groups is 2. The minimum absolute atomic E-state index is 0.0490. The van der Waals surface area contributed by atoms with Gasteiger partial charge in [-0.3, -0.25) is 14.0 Å². The Morgan fingerprint density at radius 1 is 1.06 bits per heavy atom. The molecule has 2 heterocycles. The van der Waals surface area contributed by atoms with Crippen LogP contribution < -0.4 is 15.7 Å². The van der Waals surface area contributed by atoms with Crippen LogP contribution >= 0.6 is 12.3 Å². The van der Waals surface area contributed by atoms with Gasteiger partial charge in [0.2, 0.25) is 5.91 Å². The third-order valence-corrected chi connectivity index (χ3v) is 5.39. The highest BCUT2D eigenvalue weighted by molar-refractivity contribution is 7.89. The summed E-state index contributed by atoms with van der Waals surface area (Å²) in [5.74, 6) is -2.32. The quantitative estimate of drug-likeness (QED) is 0.0892. The van der Waals surface area contributed by atoms with Crippen LogP contribution in [0, 0.1) is 0 Å². The smallest absolute Gasteiger partial charge is 0.217 e. The number of methoxy groups -OCH3 is 2. The average molecular weight is 503 g/mol. The number of aliphatic hydroxyl groups excluding tert-OH is 3. The Labute approximate surface area is 191 Å². The number of rotatable bonds is 11. The number of aliphatic carboxylic acids is 1. The zero-order valence-electron chi connectivity index (χ0n) is 17.6. The van der Waals surface area contributed by atoms with Crippen molar-refractivity contribution in [1.29, 1.82) is 0 Å². The summed E-state index contributed by atoms with van der Waals surface area (Å²) in [7, 11) is 2.33. The number of hydrogen-bond acceptors (Lipinski definition) is 16. The summed E-state index contributed by atoms with van der Waals surface area (Å²) in [6.07, 6.45) is -13.9. The Morgan fingerprint density at radius 2 is 1.76 bits per heavy atom. The lowest BCUT2D eigenvalue weighted by Gasteiger charge is -2.48. The van der Waals surface area contributed by atoms with Gasteiger partial charge in [0.1, 0.15) is 48.8 Å². The molecule has 0 aliphatic carbocycles. The van der Waals surface area contributed by atoms with Crippen molar-refractivity contribution in [2.24, 2.45) is 0 Å². The summed E-state index contributed by atoms with van der Waals surface area (Å²) in [4.78, 5) is 23.3. The fourth-order valence-corrected chi connectivity index (χ4v) is 3.93. The molecule has 4 N–H and O–H groups in total. The molecule has 2 fully saturated rings. The zero-order chi connectivity index (χ0) is 24.7. The van der Waals surface area contributed by atoms with Crippen molar-refractivity contribution in [2.75, 3.05) is 20.8 Å². The molecular weight excluding hydrogens is 478 g/mol. The second-order valence-electron chi connectivity index (χ2n) is 6.98. The third-order valence-electron chi connectivity index (χ3n) is 4.97. The van der Waals surface area contributed by atoms with E-state index in [-0.39, 0.29) is 12.3 Å². The van der Waals surface area contributed by atoms with E-state index in [0.29, 0.717) is 0 Å². The van der Waals surface area contributed by atoms with E-state index in [2.05, 4.69) is 14.7 Å². The molecular formula is C16H25NO15S-2. The van der Waals surface area contributed by atoms with E-state index in [1.165, 1.54) is 14.0 Å². The monoisotopic (exact) mass is 503 g/mol. The Morgan fingerprint density at radius 3 is 2.27 bits per heavy atom. The van der Waals surface area contributed by atoms with Gasteiger partial charge in [0.15, 0.2) is 24.9 Å². The fourth-order valence-electron chi connectivity index (χ4n) is 3.55. The Kier molecular flexibility index (Phi) is 11.1. The first kappa shape index (κ1) is 28.1. The molecule has 192 valence electrons. The second kappa shape index (κ2) is 13.0. The lowest BCUT2D eigenvalue weighted by atomic mass is 9.95. The van der Waals surface area contributed by atoms with Crippen molar-refractivity contribution in [1.82, 2.24) is 5.32 Å². The summed E-state index contributed by atoms with van der Waals surface area (Å²) in [6, 6.07) is -1.18. The number of nitrogens with one attached hydrogen (secondary N) is 1. The standard InChI is InChI=1S/C16H27NO15S/c1-5(19)17-7-11(10(30-33-32-31-24)6(4-18)27-15(7)26-3)28-16-9(21)8(20)12(25-2)13(29-16)14(22)23/h6-13,15-16,18,20-21,24H,4H2,1-3H3,(H,17,19)(H,22,23)/p-2/t6?,7?,8-,9?,10+,11-,12+,13?,15-,16-/m1/s1. The SMILES string of the molecule is CO[C@@H]1OC(CO)[C@H](OSOO[O-])[C@H](O[C@@H]2OC(C(=O)[O-])[C@@H](OC)[C@H](O)C2O)C1NC(C)=O. The first-order chi connectivity index (χ1) is 15.7. The number of carboxylic acid groups (broad SMARTS) is 1. The molecule has 33 heavy (non-hydrogen) atoms. The molecule has 1 amide bonds. The van der Waals surface area contributed by atoms with Crippen LogP contribution in [0.4, 0.5) is 0 Å². The van der Waals surface area contributed by atoms with E-state index in [0.717, 1.165) is 7.11 Å². The molecule has 2 aliphatic rings. The maximum Gasteiger partial charge on any atom is 0.217 e. The molecule has 2 rings (SSSR count). The van der Waals surface area contributed by atoms with Gasteiger partial charge in [-0.2, -0.15) is 0 Å². The number of ether oxygens (including phenoxy) is 5. The van der Waals surface area contributed by atoms with E-state index >= 15 is 0 Å². The van der Waals surface area contributed by atoms with Gasteiger partial charge >= 0.3 is 0 Å². The first-order valence-electron chi connectivity index (χ1n) is 9.45. The van der Waals surface area contributed by atoms with Crippen molar-refractivity contribution < 1.29 is 72.5 Å². The van der Waals surface area contributed by atoms with Gasteiger partial charge < -0.3 is 59.5 Å². The van der Waals surface area contributed by atoms with E-state index in [9.17, 15) is 35.3 Å². The van der Waals surface area contributed by atoms with Crippen molar-refractivity contribution >= 4 is 24.2 Å². The van der Waals surface area contributed by atoms with Crippen LogP contribution in [0.2, 0.25) is 0 Å². The van der Waals surface area contributed by atoms with Crippen LogP contribution in [0.25, 0.3) is 0 Å². The maximum absolute atomic E-state index is 11.8. The molecule has 0 aromatic heterocycles. The van der Waals surface area contributed by atoms with Gasteiger partial charge in [-0.05, 0) is 0 Å². The van der Waals surface area contributed by atoms with Gasteiger partial charge in [-0.1, -0.05) is 0 Å². The number of amides is 1. The van der Waals surface area contributed by atoms with E-state index in [4.69, 9.17) is 27.9 Å². The zero-order valence-corrected chi connectivity index (χ0v) is 18.4. The summed E-state index contributed by atoms with van der Waals surface area (Å²) in [5.41, 5.74) is 0. The van der Waals surface area contributed by atoms with Gasteiger partial charge in [0, 0.05) is 21.1 Å². The Bertz CT molecular complexity index is 643. The highest BCUT2D eigenvalue weighted by atomic mass is 32.2. The largest absolute Gasteiger partial charge is 0.691 e. The molecule has 0 saturated carbocycles. The fraction of sp³-hybridized carbons (Fsp3) is 0.875. The summed E-state index contributed by atoms with van der Waals surface area (Å²) >= 11 is 0.0490. The van der Waals surface area contributed by atoms with Crippen LogP contribution in [-0.2, 0) is 46.8 Å². The molecule has 0 aromatic rings. The number of hydrogen-bond donors (Lipinski definition) is 4. The Hall–Kier alpha value is -1.19. The Balaban J connectivity index is 2.38. The van der Waals surface area contributed by atoms with Crippen LogP contribution in [-0.4, -0.2) is 109 Å². The van der Waals surface area contributed by atoms with Crippen LogP contribution in [0.3, 0.4) is 0 Å². The van der Waals surface area contributed by atoms with Crippen molar-refractivity contribution in [3.05, 3.63) is 0 Å². The van der Waals surface area contributed by atoms with E-state index in [1.54, 1.807) is 0 Å². The molecule has 2 saturated heterocycles. The second-order valence-corrected chi connectivity index (χ2v) is 7.44. The van der Waals surface area contributed by atoms with Crippen molar-refractivity contribution in [2.45, 2.75) is 68.3 Å². The van der Waals surface area contributed by atoms with E-state index in [1.807, 2.05) is 0 Å². The van der Waals surface area contributed by atoms with Crippen LogP contribution in [0.15, 0.2) is 0 Å². The average Bonchev–Trinajstić information content (AvgIpc) is 2.78. The molecule has 17 heteroatoms. The lowest BCUT2D eigenvalue weighted by Crippen LogP contribution is -2.69. The lowest BCUT2D eigenvalue weighted by molar-refractivity contribution is -0.777. The number of carboxylic acids is 1. The minimum atomic E-state index is -1.84. The minimum Gasteiger partial charge on any atom is -0.691 e. The molecule has 4 unspecified atom stereocenters. The van der Waals surface area contributed by atoms with Gasteiger partial charge in [-0.15, -0.1) is 4.33 Å². The maximum atomic E-state index is 11.8. The van der Waals surface area contributed by atoms with Crippen LogP contribution in [0.5, 0.6) is 0 Å². The summed E-state index contributed by atoms with van der Waals surface area (Å²) in [6.45, 7) is 0.506. The van der Waals surface area contributed by atoms with Crippen LogP contribution in [0.1, 0.15) is 6.92 Å². The first-order valence-corrected chi connectivity index (χ1v) is 10.1. The van der Waals surface area contributed by atoms with Gasteiger partial charge in [0.25, 0.3) is 0 Å². The topological polar surface area (TPSA) is 227 Å². The van der Waals surface area contributed by atoms with Gasteiger partial charge in [0.05, 0.1) is 12.6 Å². The van der Waals surface area contributed by atoms with Gasteiger partial charge in [-0.25, -0.2) is 0 Å². The predicted molar refractivity (Wildman–Crippen MR) is 96.3 cm³/mol. The highest BCUT2D eigenvalue weighted by Gasteiger charge is 2.53. The molecule has 0 radical (unpaired) electrons. The predicted octanol–water partition coefficient (Wildman–Crippen LogP) is -5.38. The number of aliphatic hydroxyl groups is 3. The van der Waals surface area contributed by atoms with Crippen molar-refractivity contribution in [3.63, 3.8) is 0 Å². The highest BCUT2D eigenvalue weighted by Crippen LogP contribution is 2.33. The van der Waals surface area contributed by atoms with Crippen molar-refractivity contribution in [3.8, 4) is 0 Å². The number of carbonyl (C=O) groups excluding carboxylic acids is 2. The molecule has 16 nitrogen and oxygen atoms in total.